The zero-order valence-corrected chi connectivity index (χ0v) is 39.7. The van der Waals surface area contributed by atoms with E-state index in [1.165, 1.54) is 19.3 Å². The van der Waals surface area contributed by atoms with Crippen LogP contribution >= 0.6 is 0 Å². The van der Waals surface area contributed by atoms with Gasteiger partial charge < -0.3 is 62.8 Å². The lowest BCUT2D eigenvalue weighted by atomic mass is 9.71. The second-order valence-corrected chi connectivity index (χ2v) is 20.3. The Labute approximate surface area is 384 Å². The van der Waals surface area contributed by atoms with Crippen molar-refractivity contribution in [3.05, 3.63) is 47.1 Å². The van der Waals surface area contributed by atoms with Crippen molar-refractivity contribution in [3.8, 4) is 0 Å². The van der Waals surface area contributed by atoms with E-state index in [1.54, 1.807) is 40.2 Å². The average Bonchev–Trinajstić information content (AvgIpc) is 3.62. The molecule has 0 unspecified atom stereocenters. The number of aliphatic hydroxyl groups excluding tert-OH is 1. The third-order valence-corrected chi connectivity index (χ3v) is 15.8. The summed E-state index contributed by atoms with van der Waals surface area (Å²) in [6.07, 6.45) is 12.7. The minimum atomic E-state index is -1.86. The number of ether oxygens (including phenoxy) is 10. The van der Waals surface area contributed by atoms with Gasteiger partial charge in [-0.05, 0) is 81.9 Å². The largest absolute Gasteiger partial charge is 0.462 e. The topological polar surface area (TPSA) is 182 Å². The number of oxime groups is 1. The smallest absolute Gasteiger partial charge is 0.316 e. The molecule has 364 valence electrons. The molecule has 2 bridgehead atoms. The van der Waals surface area contributed by atoms with Gasteiger partial charge in [-0.3, -0.25) is 4.79 Å². The third kappa shape index (κ3) is 10.1. The molecular formula is C50H75NO14. The molecule has 15 nitrogen and oxygen atoms in total. The Morgan fingerprint density at radius 3 is 2.34 bits per heavy atom. The molecule has 0 aromatic heterocycles. The normalized spacial score (nSPS) is 48.4. The molecule has 0 aromatic carbocycles. The van der Waals surface area contributed by atoms with Crippen LogP contribution in [-0.4, -0.2) is 139 Å². The molecule has 6 aliphatic heterocycles. The summed E-state index contributed by atoms with van der Waals surface area (Å²) in [6, 6.07) is 0. The molecule has 1 saturated carbocycles. The fraction of sp³-hybridized carbons (Fsp3) is 0.800. The van der Waals surface area contributed by atoms with Crippen molar-refractivity contribution in [1.29, 1.82) is 0 Å². The van der Waals surface area contributed by atoms with E-state index >= 15 is 0 Å². The maximum atomic E-state index is 14.5. The number of hydrogen-bond acceptors (Lipinski definition) is 15. The van der Waals surface area contributed by atoms with E-state index in [0.29, 0.717) is 61.5 Å². The highest BCUT2D eigenvalue weighted by Gasteiger charge is 2.60. The Bertz CT molecular complexity index is 1830. The zero-order valence-electron chi connectivity index (χ0n) is 39.7. The van der Waals surface area contributed by atoms with Crippen LogP contribution in [-0.2, 0) is 52.2 Å². The second kappa shape index (κ2) is 20.6. The van der Waals surface area contributed by atoms with Crippen LogP contribution in [0.15, 0.2) is 52.3 Å². The number of rotatable bonds is 7. The quantitative estimate of drug-likeness (QED) is 0.107. The summed E-state index contributed by atoms with van der Waals surface area (Å²) in [5.41, 5.74) is 0.304. The van der Waals surface area contributed by atoms with Crippen molar-refractivity contribution >= 4 is 11.7 Å². The van der Waals surface area contributed by atoms with Gasteiger partial charge in [0.1, 0.15) is 41.6 Å². The number of hydrogen-bond donors (Lipinski definition) is 3. The molecule has 6 fully saturated rings. The maximum absolute atomic E-state index is 14.5. The Morgan fingerprint density at radius 2 is 1.60 bits per heavy atom. The van der Waals surface area contributed by atoms with Crippen LogP contribution < -0.4 is 0 Å². The van der Waals surface area contributed by atoms with E-state index < -0.39 is 84.7 Å². The summed E-state index contributed by atoms with van der Waals surface area (Å²) in [5, 5.41) is 36.8. The van der Waals surface area contributed by atoms with Gasteiger partial charge in [-0.25, -0.2) is 0 Å². The highest BCUT2D eigenvalue weighted by molar-refractivity contribution is 6.06. The predicted molar refractivity (Wildman–Crippen MR) is 238 cm³/mol. The van der Waals surface area contributed by atoms with E-state index in [9.17, 15) is 20.2 Å². The van der Waals surface area contributed by atoms with Gasteiger partial charge in [0.2, 0.25) is 0 Å². The van der Waals surface area contributed by atoms with Crippen molar-refractivity contribution in [1.82, 2.24) is 0 Å². The first kappa shape index (κ1) is 48.9. The Kier molecular flexibility index (Phi) is 15.5. The number of fused-ring (bicyclic) bond motifs is 2. The fourth-order valence-electron chi connectivity index (χ4n) is 12.1. The van der Waals surface area contributed by atoms with E-state index in [0.717, 1.165) is 24.8 Å². The number of carbonyl (C=O) groups is 1. The third-order valence-electron chi connectivity index (χ3n) is 15.8. The lowest BCUT2D eigenvalue weighted by molar-refractivity contribution is -0.342. The first-order valence-corrected chi connectivity index (χ1v) is 24.4. The molecule has 1 spiro atoms. The molecular weight excluding hydrogens is 839 g/mol. The van der Waals surface area contributed by atoms with Gasteiger partial charge >= 0.3 is 5.97 Å². The molecule has 0 radical (unpaired) electrons. The molecule has 6 heterocycles. The van der Waals surface area contributed by atoms with Gasteiger partial charge in [0.25, 0.3) is 0 Å². The molecule has 65 heavy (non-hydrogen) atoms. The van der Waals surface area contributed by atoms with E-state index in [-0.39, 0.29) is 36.5 Å². The number of nitrogens with zero attached hydrogens (tertiary/aromatic N) is 1. The molecule has 5 saturated heterocycles. The van der Waals surface area contributed by atoms with Gasteiger partial charge in [-0.15, -0.1) is 0 Å². The van der Waals surface area contributed by atoms with Gasteiger partial charge in [0, 0.05) is 52.2 Å². The highest BCUT2D eigenvalue weighted by Crippen LogP contribution is 2.48. The summed E-state index contributed by atoms with van der Waals surface area (Å²) in [4.78, 5) is 14.5. The van der Waals surface area contributed by atoms with Crippen LogP contribution in [0.25, 0.3) is 0 Å². The molecule has 15 heteroatoms. The van der Waals surface area contributed by atoms with Crippen molar-refractivity contribution < 1.29 is 67.6 Å². The summed E-state index contributed by atoms with van der Waals surface area (Å²) >= 11 is 0. The van der Waals surface area contributed by atoms with Crippen LogP contribution in [0.4, 0.5) is 0 Å². The van der Waals surface area contributed by atoms with Crippen molar-refractivity contribution in [2.75, 3.05) is 20.8 Å². The summed E-state index contributed by atoms with van der Waals surface area (Å²) < 4.78 is 64.5. The molecule has 18 atom stereocenters. The minimum absolute atomic E-state index is 0.0205. The van der Waals surface area contributed by atoms with Crippen LogP contribution in [0.5, 0.6) is 0 Å². The Morgan fingerprint density at radius 1 is 0.877 bits per heavy atom. The van der Waals surface area contributed by atoms with Gasteiger partial charge in [-0.1, -0.05) is 68.6 Å². The summed E-state index contributed by atoms with van der Waals surface area (Å²) in [6.45, 7) is 11.9. The molecule has 3 N–H and O–H groups in total. The first-order chi connectivity index (χ1) is 31.2. The minimum Gasteiger partial charge on any atom is -0.462 e. The lowest BCUT2D eigenvalue weighted by Gasteiger charge is -2.51. The molecule has 2 aliphatic carbocycles. The molecule has 8 rings (SSSR count). The predicted octanol–water partition coefficient (Wildman–Crippen LogP) is 6.60. The van der Waals surface area contributed by atoms with Gasteiger partial charge in [0.05, 0.1) is 49.3 Å². The number of methoxy groups -OCH3 is 2. The first-order valence-electron chi connectivity index (χ1n) is 24.4. The van der Waals surface area contributed by atoms with Crippen molar-refractivity contribution in [3.63, 3.8) is 0 Å². The molecule has 0 amide bonds. The number of allylic oxidation sites excluding steroid dienone is 2. The zero-order chi connectivity index (χ0) is 46.2. The molecule has 0 aromatic rings. The van der Waals surface area contributed by atoms with E-state index in [2.05, 4.69) is 32.0 Å². The average molecular weight is 914 g/mol. The van der Waals surface area contributed by atoms with E-state index in [1.807, 2.05) is 19.1 Å². The van der Waals surface area contributed by atoms with Crippen LogP contribution in [0.2, 0.25) is 0 Å². The maximum Gasteiger partial charge on any atom is 0.316 e. The Hall–Kier alpha value is -2.54. The van der Waals surface area contributed by atoms with Crippen molar-refractivity contribution in [2.45, 2.75) is 210 Å². The van der Waals surface area contributed by atoms with Crippen LogP contribution in [0, 0.1) is 23.7 Å². The SMILES string of the molecule is CO[C@H]1C[C@H](O[C@H]2[C@H](C)O[C@@H](O[C@@H]3/C(C)=C/C[C@@H]4C[C@@H](C[C@]5(CC[C@H](C)[C@@H](C6CCCCC6)O5)O4)OC(=O)[C@@H]4C=C(C)C(=NO)[C@H]5OC/C(=C\C=C\[C@@H]3C)[C@]54O)C[C@@H]2OC)O[C@@H](C)[C@@H]1O. The summed E-state index contributed by atoms with van der Waals surface area (Å²) in [7, 11) is 3.23. The number of esters is 1. The monoisotopic (exact) mass is 914 g/mol. The number of carbonyl (C=O) groups excluding carboxylic acids is 1. The lowest BCUT2D eigenvalue weighted by Crippen LogP contribution is -2.57. The number of aliphatic hydroxyl groups is 2. The fourth-order valence-corrected chi connectivity index (χ4v) is 12.1. The van der Waals surface area contributed by atoms with Crippen LogP contribution in [0.3, 0.4) is 0 Å². The second-order valence-electron chi connectivity index (χ2n) is 20.3. The highest BCUT2D eigenvalue weighted by atomic mass is 16.7. The molecule has 8 aliphatic rings. The van der Waals surface area contributed by atoms with Gasteiger partial charge in [0.15, 0.2) is 18.4 Å². The standard InChI is InChI=1S/C50H75NO14/c1-27-13-12-16-34-26-58-47-42(51-55)30(4)21-37(50(34,47)54)48(53)61-36-22-35(64-49(25-36)20-19-29(3)45(65-49)33-14-10-9-11-15-33)18-17-28(2)44(27)62-41-24-39(57-8)46(32(6)60-41)63-40-23-38(56-7)43(52)31(5)59-40/h12-13,16-17,21,27,29,31-33,35-41,43-47,52,54-55H,9-11,14-15,18-20,22-26H2,1-8H3/b13-12+,28-17+,34-16+,51-42?/t27-,29-,31-,32-,35+,36-,37-,38-,39-,40-,41-,43-,44-,45-,46-,47+,49+,50+/m0/s1. The Balaban J connectivity index is 1.09. The van der Waals surface area contributed by atoms with Gasteiger partial charge in [-0.2, -0.15) is 0 Å². The van der Waals surface area contributed by atoms with Crippen molar-refractivity contribution in [2.24, 2.45) is 28.8 Å². The van der Waals surface area contributed by atoms with Crippen LogP contribution in [0.1, 0.15) is 119 Å². The van der Waals surface area contributed by atoms with E-state index in [4.69, 9.17) is 47.4 Å². The summed E-state index contributed by atoms with van der Waals surface area (Å²) in [5.74, 6) is -1.95.